The molecule has 1 aliphatic carbocycles. The van der Waals surface area contributed by atoms with Crippen LogP contribution < -0.4 is 10.9 Å². The number of fused-ring (bicyclic) bond motifs is 1. The van der Waals surface area contributed by atoms with Gasteiger partial charge in [-0.25, -0.2) is 9.97 Å². The Morgan fingerprint density at radius 1 is 1.06 bits per heavy atom. The summed E-state index contributed by atoms with van der Waals surface area (Å²) in [4.78, 5) is 22.7. The van der Waals surface area contributed by atoms with Gasteiger partial charge in [-0.3, -0.25) is 4.79 Å². The molecule has 1 saturated carbocycles. The SMILES string of the molecule is CC.CCCCCCNc1ncc2c(=O)n(C3CCOCC3)cc(C3CCCCC3)c2n1. The molecule has 1 N–H and O–H groups in total. The zero-order valence-corrected chi connectivity index (χ0v) is 20.4. The molecule has 2 aromatic rings. The maximum atomic E-state index is 13.3. The number of nitrogens with one attached hydrogen (secondary N) is 1. The first-order valence-electron chi connectivity index (χ1n) is 13.0. The lowest BCUT2D eigenvalue weighted by atomic mass is 9.84. The fraction of sp³-hybridized carbons (Fsp3) is 0.731. The molecule has 3 heterocycles. The fourth-order valence-electron chi connectivity index (χ4n) is 4.95. The predicted octanol–water partition coefficient (Wildman–Crippen LogP) is 6.21. The third-order valence-electron chi connectivity index (χ3n) is 6.75. The van der Waals surface area contributed by atoms with E-state index in [1.807, 2.05) is 18.4 Å². The Morgan fingerprint density at radius 3 is 2.53 bits per heavy atom. The number of pyridine rings is 1. The van der Waals surface area contributed by atoms with Crippen LogP contribution in [0.1, 0.15) is 109 Å². The molecular weight excluding hydrogens is 400 g/mol. The first-order chi connectivity index (χ1) is 15.8. The first-order valence-corrected chi connectivity index (χ1v) is 13.0. The van der Waals surface area contributed by atoms with Crippen LogP contribution in [0.5, 0.6) is 0 Å². The average Bonchev–Trinajstić information content (AvgIpc) is 2.86. The molecule has 2 fully saturated rings. The summed E-state index contributed by atoms with van der Waals surface area (Å²) in [6.07, 6.45) is 16.7. The second kappa shape index (κ2) is 12.9. The molecule has 178 valence electrons. The number of rotatable bonds is 8. The van der Waals surface area contributed by atoms with Gasteiger partial charge in [-0.15, -0.1) is 0 Å². The molecular formula is C26H42N4O2. The number of hydrogen-bond donors (Lipinski definition) is 1. The summed E-state index contributed by atoms with van der Waals surface area (Å²) >= 11 is 0. The molecule has 32 heavy (non-hydrogen) atoms. The van der Waals surface area contributed by atoms with Crippen LogP contribution in [0.15, 0.2) is 17.2 Å². The summed E-state index contributed by atoms with van der Waals surface area (Å²) in [6.45, 7) is 8.56. The van der Waals surface area contributed by atoms with Gasteiger partial charge in [0.2, 0.25) is 5.95 Å². The monoisotopic (exact) mass is 442 g/mol. The molecule has 0 bridgehead atoms. The van der Waals surface area contributed by atoms with Crippen molar-refractivity contribution in [3.8, 4) is 0 Å². The number of aromatic nitrogens is 3. The molecule has 4 rings (SSSR count). The van der Waals surface area contributed by atoms with Gasteiger partial charge >= 0.3 is 0 Å². The van der Waals surface area contributed by atoms with Crippen LogP contribution in [0.3, 0.4) is 0 Å². The molecule has 2 aliphatic rings. The molecule has 2 aromatic heterocycles. The molecule has 0 unspecified atom stereocenters. The lowest BCUT2D eigenvalue weighted by Crippen LogP contribution is -2.30. The Kier molecular flexibility index (Phi) is 9.97. The number of unbranched alkanes of at least 4 members (excludes halogenated alkanes) is 3. The summed E-state index contributed by atoms with van der Waals surface area (Å²) in [5, 5.41) is 4.04. The van der Waals surface area contributed by atoms with Gasteiger partial charge in [0.1, 0.15) is 0 Å². The third kappa shape index (κ3) is 6.09. The van der Waals surface area contributed by atoms with Crippen LogP contribution in [0, 0.1) is 0 Å². The minimum absolute atomic E-state index is 0.0472. The van der Waals surface area contributed by atoms with Crippen molar-refractivity contribution >= 4 is 16.9 Å². The lowest BCUT2D eigenvalue weighted by Gasteiger charge is -2.28. The third-order valence-corrected chi connectivity index (χ3v) is 6.75. The van der Waals surface area contributed by atoms with E-state index < -0.39 is 0 Å². The summed E-state index contributed by atoms with van der Waals surface area (Å²) < 4.78 is 7.49. The van der Waals surface area contributed by atoms with Crippen molar-refractivity contribution in [1.29, 1.82) is 0 Å². The molecule has 0 aromatic carbocycles. The smallest absolute Gasteiger partial charge is 0.261 e. The van der Waals surface area contributed by atoms with Gasteiger partial charge in [-0.05, 0) is 43.6 Å². The van der Waals surface area contributed by atoms with Gasteiger partial charge in [0.15, 0.2) is 0 Å². The average molecular weight is 443 g/mol. The normalized spacial score (nSPS) is 17.7. The van der Waals surface area contributed by atoms with E-state index in [9.17, 15) is 4.79 Å². The lowest BCUT2D eigenvalue weighted by molar-refractivity contribution is 0.0687. The van der Waals surface area contributed by atoms with Crippen molar-refractivity contribution in [3.05, 3.63) is 28.3 Å². The molecule has 0 spiro atoms. The number of anilines is 1. The largest absolute Gasteiger partial charge is 0.381 e. The van der Waals surface area contributed by atoms with Crippen molar-refractivity contribution in [2.24, 2.45) is 0 Å². The highest BCUT2D eigenvalue weighted by molar-refractivity contribution is 5.81. The maximum absolute atomic E-state index is 13.3. The van der Waals surface area contributed by atoms with E-state index in [0.717, 1.165) is 44.5 Å². The van der Waals surface area contributed by atoms with Gasteiger partial charge in [-0.2, -0.15) is 0 Å². The van der Waals surface area contributed by atoms with E-state index in [1.54, 1.807) is 6.20 Å². The zero-order valence-electron chi connectivity index (χ0n) is 20.4. The quantitative estimate of drug-likeness (QED) is 0.492. The zero-order chi connectivity index (χ0) is 22.8. The maximum Gasteiger partial charge on any atom is 0.261 e. The Morgan fingerprint density at radius 2 is 1.81 bits per heavy atom. The standard InChI is InChI=1S/C24H36N4O2.C2H6/c1-2-3-4-8-13-25-24-26-16-20-22(27-24)21(18-9-6-5-7-10-18)17-28(23(20)29)19-11-14-30-15-12-19;1-2/h16-19H,2-15H2,1H3,(H,25,26,27);1-2H3. The topological polar surface area (TPSA) is 69.0 Å². The van der Waals surface area contributed by atoms with Crippen LogP contribution >= 0.6 is 0 Å². The molecule has 6 heteroatoms. The summed E-state index contributed by atoms with van der Waals surface area (Å²) in [5.74, 6) is 1.14. The van der Waals surface area contributed by atoms with Crippen LogP contribution in [0.2, 0.25) is 0 Å². The van der Waals surface area contributed by atoms with Gasteiger partial charge in [-0.1, -0.05) is 59.3 Å². The van der Waals surface area contributed by atoms with Crippen LogP contribution in [-0.2, 0) is 4.74 Å². The highest BCUT2D eigenvalue weighted by Gasteiger charge is 2.24. The molecule has 0 radical (unpaired) electrons. The highest BCUT2D eigenvalue weighted by Crippen LogP contribution is 2.36. The van der Waals surface area contributed by atoms with E-state index in [1.165, 1.54) is 56.9 Å². The van der Waals surface area contributed by atoms with E-state index in [2.05, 4.69) is 23.4 Å². The molecule has 0 amide bonds. The number of ether oxygens (including phenoxy) is 1. The van der Waals surface area contributed by atoms with Gasteiger partial charge in [0, 0.05) is 38.2 Å². The summed E-state index contributed by atoms with van der Waals surface area (Å²) in [5.41, 5.74) is 2.15. The predicted molar refractivity (Wildman–Crippen MR) is 133 cm³/mol. The van der Waals surface area contributed by atoms with Crippen LogP contribution in [-0.4, -0.2) is 34.3 Å². The number of nitrogens with zero attached hydrogens (tertiary/aromatic N) is 3. The van der Waals surface area contributed by atoms with Crippen molar-refractivity contribution in [2.75, 3.05) is 25.1 Å². The van der Waals surface area contributed by atoms with Crippen LogP contribution in [0.4, 0.5) is 5.95 Å². The Bertz CT molecular complexity index is 883. The molecule has 1 saturated heterocycles. The molecule has 6 nitrogen and oxygen atoms in total. The van der Waals surface area contributed by atoms with Gasteiger partial charge < -0.3 is 14.6 Å². The molecule has 0 atom stereocenters. The fourth-order valence-corrected chi connectivity index (χ4v) is 4.95. The van der Waals surface area contributed by atoms with Crippen molar-refractivity contribution in [3.63, 3.8) is 0 Å². The minimum atomic E-state index is 0.0472. The molecule has 1 aliphatic heterocycles. The van der Waals surface area contributed by atoms with E-state index >= 15 is 0 Å². The van der Waals surface area contributed by atoms with Crippen molar-refractivity contribution in [2.45, 2.75) is 103 Å². The Balaban J connectivity index is 0.00000141. The Hall–Kier alpha value is -1.95. The second-order valence-corrected chi connectivity index (χ2v) is 8.92. The van der Waals surface area contributed by atoms with E-state index in [0.29, 0.717) is 17.3 Å². The minimum Gasteiger partial charge on any atom is -0.381 e. The van der Waals surface area contributed by atoms with Gasteiger partial charge in [0.05, 0.1) is 10.9 Å². The second-order valence-electron chi connectivity index (χ2n) is 8.92. The Labute approximate surface area is 193 Å². The first kappa shape index (κ1) is 24.7. The number of hydrogen-bond acceptors (Lipinski definition) is 5. The van der Waals surface area contributed by atoms with Gasteiger partial charge in [0.25, 0.3) is 5.56 Å². The van der Waals surface area contributed by atoms with Crippen molar-refractivity contribution in [1.82, 2.24) is 14.5 Å². The van der Waals surface area contributed by atoms with Crippen LogP contribution in [0.25, 0.3) is 10.9 Å². The highest BCUT2D eigenvalue weighted by atomic mass is 16.5. The summed E-state index contributed by atoms with van der Waals surface area (Å²) in [7, 11) is 0. The van der Waals surface area contributed by atoms with Crippen molar-refractivity contribution < 1.29 is 4.74 Å². The van der Waals surface area contributed by atoms with E-state index in [4.69, 9.17) is 9.72 Å². The van der Waals surface area contributed by atoms with E-state index in [-0.39, 0.29) is 11.6 Å². The summed E-state index contributed by atoms with van der Waals surface area (Å²) in [6, 6.07) is 0.217.